The van der Waals surface area contributed by atoms with Crippen molar-refractivity contribution in [2.75, 3.05) is 5.32 Å². The molecule has 0 saturated carbocycles. The van der Waals surface area contributed by atoms with E-state index in [4.69, 9.17) is 21.1 Å². The highest BCUT2D eigenvalue weighted by Crippen LogP contribution is 2.35. The number of halogens is 7. The first kappa shape index (κ1) is 25.1. The van der Waals surface area contributed by atoms with E-state index in [0.717, 1.165) is 18.3 Å². The maximum absolute atomic E-state index is 13.0. The number of anilines is 1. The fourth-order valence-corrected chi connectivity index (χ4v) is 2.77. The van der Waals surface area contributed by atoms with Gasteiger partial charge in [0.05, 0.1) is 11.1 Å². The maximum atomic E-state index is 13.0. The van der Waals surface area contributed by atoms with Gasteiger partial charge in [0.15, 0.2) is 6.10 Å². The number of ether oxygens (including phenoxy) is 2. The summed E-state index contributed by atoms with van der Waals surface area (Å²) < 4.78 is 88.0. The van der Waals surface area contributed by atoms with Crippen LogP contribution in [-0.4, -0.2) is 22.0 Å². The van der Waals surface area contributed by atoms with Gasteiger partial charge >= 0.3 is 12.4 Å². The second-order valence-electron chi connectivity index (χ2n) is 6.73. The highest BCUT2D eigenvalue weighted by Gasteiger charge is 2.35. The summed E-state index contributed by atoms with van der Waals surface area (Å²) in [5, 5.41) is 1.73. The molecule has 13 heteroatoms. The summed E-state index contributed by atoms with van der Waals surface area (Å²) in [6.07, 6.45) is -8.83. The maximum Gasteiger partial charge on any atom is 0.419 e. The van der Waals surface area contributed by atoms with Crippen LogP contribution in [0, 0.1) is 0 Å². The lowest BCUT2D eigenvalue weighted by atomic mass is 10.2. The number of amides is 1. The lowest BCUT2D eigenvalue weighted by Crippen LogP contribution is -2.31. The van der Waals surface area contributed by atoms with Gasteiger partial charge in [-0.3, -0.25) is 4.79 Å². The molecule has 0 fully saturated rings. The molecule has 1 amide bonds. The van der Waals surface area contributed by atoms with Crippen LogP contribution in [0.25, 0.3) is 0 Å². The van der Waals surface area contributed by atoms with E-state index in [9.17, 15) is 31.1 Å². The van der Waals surface area contributed by atoms with Gasteiger partial charge in [-0.05, 0) is 49.4 Å². The first-order chi connectivity index (χ1) is 15.8. The zero-order chi connectivity index (χ0) is 25.1. The first-order valence-electron chi connectivity index (χ1n) is 9.35. The topological polar surface area (TPSA) is 73.3 Å². The Labute approximate surface area is 193 Å². The predicted octanol–water partition coefficient (Wildman–Crippen LogP) is 6.37. The zero-order valence-corrected chi connectivity index (χ0v) is 17.8. The van der Waals surface area contributed by atoms with Crippen LogP contribution < -0.4 is 14.8 Å². The zero-order valence-electron chi connectivity index (χ0n) is 17.0. The van der Waals surface area contributed by atoms with Gasteiger partial charge in [-0.25, -0.2) is 9.97 Å². The lowest BCUT2D eigenvalue weighted by Gasteiger charge is -2.17. The Balaban J connectivity index is 1.63. The van der Waals surface area contributed by atoms with E-state index in [0.29, 0.717) is 12.3 Å². The van der Waals surface area contributed by atoms with Gasteiger partial charge in [-0.15, -0.1) is 0 Å². The summed E-state index contributed by atoms with van der Waals surface area (Å²) in [7, 11) is 0. The van der Waals surface area contributed by atoms with Gasteiger partial charge in [-0.1, -0.05) is 11.6 Å². The van der Waals surface area contributed by atoms with Crippen LogP contribution in [0.2, 0.25) is 5.02 Å². The van der Waals surface area contributed by atoms with Crippen LogP contribution in [0.1, 0.15) is 18.1 Å². The SMILES string of the molecule is CC(Oc1ccc(Oc2ncc(C(F)(F)F)cc2Cl)cc1)C(=O)Nc1ncccc1C(F)(F)F. The number of benzene rings is 1. The van der Waals surface area contributed by atoms with Crippen molar-refractivity contribution in [3.63, 3.8) is 0 Å². The molecule has 3 rings (SSSR count). The molecule has 0 spiro atoms. The van der Waals surface area contributed by atoms with Gasteiger partial charge < -0.3 is 14.8 Å². The highest BCUT2D eigenvalue weighted by molar-refractivity contribution is 6.31. The molecular formula is C21H14ClF6N3O3. The number of carbonyl (C=O) groups is 1. The smallest absolute Gasteiger partial charge is 0.419 e. The summed E-state index contributed by atoms with van der Waals surface area (Å²) >= 11 is 5.79. The van der Waals surface area contributed by atoms with E-state index in [-0.39, 0.29) is 22.4 Å². The molecule has 0 aliphatic heterocycles. The Morgan fingerprint density at radius 2 is 1.65 bits per heavy atom. The molecule has 1 atom stereocenters. The molecule has 0 bridgehead atoms. The monoisotopic (exact) mass is 505 g/mol. The normalized spacial score (nSPS) is 12.7. The number of nitrogens with zero attached hydrogens (tertiary/aromatic N) is 2. The molecule has 6 nitrogen and oxygen atoms in total. The third-order valence-electron chi connectivity index (χ3n) is 4.21. The number of hydrogen-bond acceptors (Lipinski definition) is 5. The fraction of sp³-hybridized carbons (Fsp3) is 0.190. The predicted molar refractivity (Wildman–Crippen MR) is 109 cm³/mol. The minimum atomic E-state index is -4.71. The second kappa shape index (κ2) is 9.75. The van der Waals surface area contributed by atoms with Gasteiger partial charge in [0.1, 0.15) is 22.3 Å². The Morgan fingerprint density at radius 3 is 2.24 bits per heavy atom. The van der Waals surface area contributed by atoms with E-state index in [2.05, 4.69) is 15.3 Å². The minimum Gasteiger partial charge on any atom is -0.481 e. The van der Waals surface area contributed by atoms with Crippen molar-refractivity contribution < 1.29 is 40.6 Å². The molecule has 1 N–H and O–H groups in total. The summed E-state index contributed by atoms with van der Waals surface area (Å²) in [5.74, 6) is -1.46. The molecule has 0 saturated heterocycles. The van der Waals surface area contributed by atoms with Crippen LogP contribution in [0.15, 0.2) is 54.9 Å². The van der Waals surface area contributed by atoms with Gasteiger partial charge in [0.25, 0.3) is 5.91 Å². The Morgan fingerprint density at radius 1 is 1.00 bits per heavy atom. The lowest BCUT2D eigenvalue weighted by molar-refractivity contribution is -0.138. The number of rotatable bonds is 6. The number of alkyl halides is 6. The first-order valence-corrected chi connectivity index (χ1v) is 9.73. The second-order valence-corrected chi connectivity index (χ2v) is 7.14. The third-order valence-corrected chi connectivity index (χ3v) is 4.48. The van der Waals surface area contributed by atoms with Gasteiger partial charge in [-0.2, -0.15) is 26.3 Å². The molecule has 1 unspecified atom stereocenters. The van der Waals surface area contributed by atoms with Gasteiger partial charge in [0.2, 0.25) is 5.88 Å². The summed E-state index contributed by atoms with van der Waals surface area (Å²) in [6.45, 7) is 1.32. The van der Waals surface area contributed by atoms with Crippen molar-refractivity contribution in [2.24, 2.45) is 0 Å². The molecular weight excluding hydrogens is 492 g/mol. The van der Waals surface area contributed by atoms with E-state index in [1.807, 2.05) is 0 Å². The number of nitrogens with one attached hydrogen (secondary N) is 1. The molecule has 2 heterocycles. The van der Waals surface area contributed by atoms with Crippen molar-refractivity contribution in [1.29, 1.82) is 0 Å². The largest absolute Gasteiger partial charge is 0.481 e. The molecule has 2 aromatic heterocycles. The quantitative estimate of drug-likeness (QED) is 0.394. The van der Waals surface area contributed by atoms with E-state index < -0.39 is 41.3 Å². The molecule has 34 heavy (non-hydrogen) atoms. The summed E-state index contributed by atoms with van der Waals surface area (Å²) in [6, 6.07) is 8.04. The van der Waals surface area contributed by atoms with Crippen LogP contribution in [0.3, 0.4) is 0 Å². The van der Waals surface area contributed by atoms with Crippen LogP contribution in [0.5, 0.6) is 17.4 Å². The van der Waals surface area contributed by atoms with Crippen molar-refractivity contribution >= 4 is 23.3 Å². The Hall–Kier alpha value is -3.54. The molecule has 0 aliphatic rings. The molecule has 180 valence electrons. The molecule has 1 aromatic carbocycles. The number of hydrogen-bond donors (Lipinski definition) is 1. The molecule has 0 aliphatic carbocycles. The van der Waals surface area contributed by atoms with Crippen molar-refractivity contribution in [3.8, 4) is 17.4 Å². The van der Waals surface area contributed by atoms with Crippen LogP contribution >= 0.6 is 11.6 Å². The van der Waals surface area contributed by atoms with E-state index in [1.54, 1.807) is 0 Å². The molecule has 3 aromatic rings. The van der Waals surface area contributed by atoms with E-state index >= 15 is 0 Å². The van der Waals surface area contributed by atoms with Crippen molar-refractivity contribution in [3.05, 3.63) is 71.0 Å². The third kappa shape index (κ3) is 6.28. The molecule has 0 radical (unpaired) electrons. The summed E-state index contributed by atoms with van der Waals surface area (Å²) in [5.41, 5.74) is -2.14. The van der Waals surface area contributed by atoms with E-state index in [1.165, 1.54) is 31.2 Å². The Bertz CT molecular complexity index is 1170. The number of carbonyl (C=O) groups excluding carboxylic acids is 1. The number of pyridine rings is 2. The van der Waals surface area contributed by atoms with Crippen LogP contribution in [0.4, 0.5) is 32.2 Å². The number of aromatic nitrogens is 2. The minimum absolute atomic E-state index is 0.155. The van der Waals surface area contributed by atoms with Crippen LogP contribution in [-0.2, 0) is 17.1 Å². The average molecular weight is 506 g/mol. The highest BCUT2D eigenvalue weighted by atomic mass is 35.5. The standard InChI is InChI=1S/C21H14ClF6N3O3/c1-11(18(32)31-17-15(21(26,27)28)3-2-8-29-17)33-13-4-6-14(7-5-13)34-19-16(22)9-12(10-30-19)20(23,24)25/h2-11H,1H3,(H,29,31,32). The van der Waals surface area contributed by atoms with Crippen molar-refractivity contribution in [1.82, 2.24) is 9.97 Å². The fourth-order valence-electron chi connectivity index (χ4n) is 2.56. The summed E-state index contributed by atoms with van der Waals surface area (Å²) in [4.78, 5) is 19.4. The Kier molecular flexibility index (Phi) is 7.20. The van der Waals surface area contributed by atoms with Crippen molar-refractivity contribution in [2.45, 2.75) is 25.4 Å². The van der Waals surface area contributed by atoms with Gasteiger partial charge in [0, 0.05) is 12.4 Å². The average Bonchev–Trinajstić information content (AvgIpc) is 2.75.